The Bertz CT molecular complexity index is 1220. The largest absolute Gasteiger partial charge is 0.419 e. The summed E-state index contributed by atoms with van der Waals surface area (Å²) in [7, 11) is -1.93. The maximum absolute atomic E-state index is 12.2. The van der Waals surface area contributed by atoms with Gasteiger partial charge < -0.3 is 14.9 Å². The third-order valence-electron chi connectivity index (χ3n) is 6.20. The van der Waals surface area contributed by atoms with Crippen LogP contribution in [0, 0.1) is 0 Å². The number of rotatable bonds is 9. The predicted molar refractivity (Wildman–Crippen MR) is 132 cm³/mol. The molecule has 2 N–H and O–H groups in total. The van der Waals surface area contributed by atoms with Gasteiger partial charge in [-0.15, -0.1) is 10.2 Å². The van der Waals surface area contributed by atoms with E-state index >= 15 is 0 Å². The minimum atomic E-state index is -3.45. The van der Waals surface area contributed by atoms with Crippen molar-refractivity contribution < 1.29 is 17.6 Å². The van der Waals surface area contributed by atoms with Gasteiger partial charge in [-0.1, -0.05) is 43.2 Å². The number of hydrogen-bond acceptors (Lipinski definition) is 7. The van der Waals surface area contributed by atoms with Crippen LogP contribution in [0.3, 0.4) is 0 Å². The lowest BCUT2D eigenvalue weighted by molar-refractivity contribution is 0.0457. The molecule has 1 aliphatic carbocycles. The van der Waals surface area contributed by atoms with Gasteiger partial charge in [-0.2, -0.15) is 0 Å². The molecule has 1 fully saturated rings. The third-order valence-corrected chi connectivity index (χ3v) is 7.41. The van der Waals surface area contributed by atoms with Gasteiger partial charge in [-0.05, 0) is 55.5 Å². The van der Waals surface area contributed by atoms with Crippen molar-refractivity contribution in [3.05, 3.63) is 65.5 Å². The highest BCUT2D eigenvalue weighted by molar-refractivity contribution is 7.92. The number of anilines is 1. The highest BCUT2D eigenvalue weighted by Gasteiger charge is 2.29. The van der Waals surface area contributed by atoms with Crippen LogP contribution in [0.1, 0.15) is 49.6 Å². The number of nitrogens with two attached hydrogens (primary N) is 1. The molecule has 2 aromatic carbocycles. The summed E-state index contributed by atoms with van der Waals surface area (Å²) in [5, 5.41) is 8.45. The fourth-order valence-electron chi connectivity index (χ4n) is 4.19. The number of ether oxygens (including phenoxy) is 1. The van der Waals surface area contributed by atoms with E-state index in [4.69, 9.17) is 14.9 Å². The first-order chi connectivity index (χ1) is 16.1. The molecule has 0 saturated heterocycles. The Hall–Kier alpha value is -2.75. The second-order valence-electron chi connectivity index (χ2n) is 9.33. The van der Waals surface area contributed by atoms with Gasteiger partial charge in [0.2, 0.25) is 21.8 Å². The van der Waals surface area contributed by atoms with E-state index in [0.29, 0.717) is 30.2 Å². The molecule has 0 aliphatic heterocycles. The van der Waals surface area contributed by atoms with Crippen molar-refractivity contribution in [2.24, 2.45) is 5.73 Å². The molecule has 1 atom stereocenters. The number of hydrogen-bond donors (Lipinski definition) is 1. The Balaban J connectivity index is 1.63. The first kappa shape index (κ1) is 24.4. The van der Waals surface area contributed by atoms with E-state index in [0.717, 1.165) is 24.0 Å². The van der Waals surface area contributed by atoms with Crippen molar-refractivity contribution in [3.63, 3.8) is 0 Å². The predicted octanol–water partition coefficient (Wildman–Crippen LogP) is 4.01. The molecule has 34 heavy (non-hydrogen) atoms. The van der Waals surface area contributed by atoms with Gasteiger partial charge in [0.15, 0.2) is 0 Å². The zero-order chi connectivity index (χ0) is 24.3. The van der Waals surface area contributed by atoms with Gasteiger partial charge in [-0.25, -0.2) is 8.42 Å². The van der Waals surface area contributed by atoms with E-state index < -0.39 is 15.6 Å². The summed E-state index contributed by atoms with van der Waals surface area (Å²) in [6.45, 7) is 2.23. The summed E-state index contributed by atoms with van der Waals surface area (Å²) in [6, 6.07) is 15.3. The molecular formula is C25H32N4O4S. The summed E-state index contributed by atoms with van der Waals surface area (Å²) < 4.78 is 37.7. The van der Waals surface area contributed by atoms with Crippen molar-refractivity contribution in [1.82, 2.24) is 10.2 Å². The lowest BCUT2D eigenvalue weighted by Gasteiger charge is -2.20. The molecule has 0 spiro atoms. The Morgan fingerprint density at radius 2 is 1.82 bits per heavy atom. The van der Waals surface area contributed by atoms with E-state index in [1.54, 1.807) is 6.07 Å². The van der Waals surface area contributed by atoms with E-state index in [-0.39, 0.29) is 12.0 Å². The van der Waals surface area contributed by atoms with Crippen LogP contribution < -0.4 is 10.0 Å². The van der Waals surface area contributed by atoms with Gasteiger partial charge in [0.25, 0.3) is 0 Å². The molecule has 1 aliphatic rings. The maximum Gasteiger partial charge on any atom is 0.247 e. The lowest BCUT2D eigenvalue weighted by atomic mass is 9.94. The fourth-order valence-corrected chi connectivity index (χ4v) is 4.68. The number of sulfonamides is 1. The van der Waals surface area contributed by atoms with Gasteiger partial charge in [-0.3, -0.25) is 4.31 Å². The van der Waals surface area contributed by atoms with Crippen molar-refractivity contribution in [1.29, 1.82) is 0 Å². The summed E-state index contributed by atoms with van der Waals surface area (Å²) in [6.07, 6.45) is 6.41. The van der Waals surface area contributed by atoms with Crippen LogP contribution in [0.15, 0.2) is 52.9 Å². The van der Waals surface area contributed by atoms with Crippen molar-refractivity contribution >= 4 is 15.7 Å². The molecule has 9 heteroatoms. The standard InChI is InChI=1S/C25H32N4O4S/c1-25(26,16-18-9-5-4-6-10-18)24-28-27-23(33-24)20-13-19(17-32-22-11-7-8-12-22)14-21(15-20)29(2)34(3,30)31/h4-6,9-10,13-15,22H,7-8,11-12,16-17,26H2,1-3H3. The summed E-state index contributed by atoms with van der Waals surface area (Å²) in [4.78, 5) is 0. The van der Waals surface area contributed by atoms with E-state index in [9.17, 15) is 8.42 Å². The lowest BCUT2D eigenvalue weighted by Crippen LogP contribution is -2.35. The molecular weight excluding hydrogens is 452 g/mol. The smallest absolute Gasteiger partial charge is 0.247 e. The first-order valence-corrected chi connectivity index (χ1v) is 13.3. The molecule has 1 aromatic heterocycles. The van der Waals surface area contributed by atoms with Gasteiger partial charge in [0.05, 0.1) is 30.2 Å². The minimum Gasteiger partial charge on any atom is -0.419 e. The molecule has 1 unspecified atom stereocenters. The van der Waals surface area contributed by atoms with E-state index in [2.05, 4.69) is 10.2 Å². The Morgan fingerprint density at radius 1 is 1.12 bits per heavy atom. The van der Waals surface area contributed by atoms with Crippen LogP contribution in [0.4, 0.5) is 5.69 Å². The summed E-state index contributed by atoms with van der Waals surface area (Å²) >= 11 is 0. The Morgan fingerprint density at radius 3 is 2.50 bits per heavy atom. The van der Waals surface area contributed by atoms with Crippen molar-refractivity contribution in [2.75, 3.05) is 17.6 Å². The molecule has 1 heterocycles. The summed E-state index contributed by atoms with van der Waals surface area (Å²) in [5.74, 6) is 0.600. The number of aromatic nitrogens is 2. The second kappa shape index (κ2) is 9.85. The molecule has 8 nitrogen and oxygen atoms in total. The first-order valence-electron chi connectivity index (χ1n) is 11.5. The molecule has 3 aromatic rings. The van der Waals surface area contributed by atoms with Crippen LogP contribution in [0.25, 0.3) is 11.5 Å². The molecule has 1 saturated carbocycles. The van der Waals surface area contributed by atoms with Crippen molar-refractivity contribution in [2.45, 2.75) is 57.3 Å². The van der Waals surface area contributed by atoms with Crippen LogP contribution in [-0.4, -0.2) is 38.0 Å². The van der Waals surface area contributed by atoms with Gasteiger partial charge >= 0.3 is 0 Å². The van der Waals surface area contributed by atoms with Gasteiger partial charge in [0.1, 0.15) is 0 Å². The number of nitrogens with zero attached hydrogens (tertiary/aromatic N) is 3. The van der Waals surface area contributed by atoms with Crippen LogP contribution >= 0.6 is 0 Å². The van der Waals surface area contributed by atoms with Crippen LogP contribution in [-0.2, 0) is 33.3 Å². The molecule has 0 radical (unpaired) electrons. The van der Waals surface area contributed by atoms with Crippen LogP contribution in [0.2, 0.25) is 0 Å². The van der Waals surface area contributed by atoms with Gasteiger partial charge in [0, 0.05) is 12.6 Å². The van der Waals surface area contributed by atoms with Crippen molar-refractivity contribution in [3.8, 4) is 11.5 Å². The minimum absolute atomic E-state index is 0.241. The average molecular weight is 485 g/mol. The SMILES string of the molecule is CN(c1cc(COC2CCCC2)cc(-c2nnc(C(C)(N)Cc3ccccc3)o2)c1)S(C)(=O)=O. The monoisotopic (exact) mass is 484 g/mol. The number of benzene rings is 2. The third kappa shape index (κ3) is 5.84. The summed E-state index contributed by atoms with van der Waals surface area (Å²) in [5.41, 5.74) is 8.71. The average Bonchev–Trinajstić information content (AvgIpc) is 3.49. The quantitative estimate of drug-likeness (QED) is 0.488. The Kier molecular flexibility index (Phi) is 7.06. The zero-order valence-corrected chi connectivity index (χ0v) is 20.7. The topological polar surface area (TPSA) is 112 Å². The molecule has 182 valence electrons. The van der Waals surface area contributed by atoms with E-state index in [1.807, 2.05) is 49.4 Å². The zero-order valence-electron chi connectivity index (χ0n) is 19.9. The molecule has 0 amide bonds. The normalized spacial score (nSPS) is 16.5. The molecule has 4 rings (SSSR count). The van der Waals surface area contributed by atoms with Crippen LogP contribution in [0.5, 0.6) is 0 Å². The highest BCUT2D eigenvalue weighted by atomic mass is 32.2. The van der Waals surface area contributed by atoms with E-state index in [1.165, 1.54) is 30.5 Å². The Labute approximate surface area is 201 Å². The second-order valence-corrected chi connectivity index (χ2v) is 11.3. The fraction of sp³-hybridized carbons (Fsp3) is 0.440. The maximum atomic E-state index is 12.2. The molecule has 0 bridgehead atoms. The highest BCUT2D eigenvalue weighted by Crippen LogP contribution is 2.31.